The monoisotopic (exact) mass is 235 g/mol. The molecule has 0 spiro atoms. The van der Waals surface area contributed by atoms with Crippen LogP contribution in [0.5, 0.6) is 0 Å². The molecule has 0 unspecified atom stereocenters. The van der Waals surface area contributed by atoms with Gasteiger partial charge in [-0.05, 0) is 31.8 Å². The van der Waals surface area contributed by atoms with Gasteiger partial charge in [-0.1, -0.05) is 0 Å². The van der Waals surface area contributed by atoms with Gasteiger partial charge in [0.15, 0.2) is 0 Å². The Hall–Kier alpha value is -1.07. The first-order chi connectivity index (χ1) is 8.43. The molecule has 0 atom stereocenters. The average molecular weight is 235 g/mol. The lowest BCUT2D eigenvalue weighted by atomic mass is 9.98. The second-order valence-corrected chi connectivity index (χ2v) is 5.05. The Morgan fingerprint density at radius 1 is 1.29 bits per heavy atom. The van der Waals surface area contributed by atoms with Gasteiger partial charge in [0.1, 0.15) is 5.82 Å². The lowest BCUT2D eigenvalue weighted by Crippen LogP contribution is -2.44. The maximum absolute atomic E-state index is 4.40. The van der Waals surface area contributed by atoms with Crippen molar-refractivity contribution in [2.75, 3.05) is 38.0 Å². The second-order valence-electron chi connectivity index (χ2n) is 5.05. The number of rotatable bonds is 4. The van der Waals surface area contributed by atoms with E-state index in [1.54, 1.807) is 0 Å². The Bertz CT molecular complexity index is 352. The highest BCUT2D eigenvalue weighted by Crippen LogP contribution is 2.19. The van der Waals surface area contributed by atoms with Crippen LogP contribution in [0.25, 0.3) is 0 Å². The molecule has 2 saturated heterocycles. The van der Waals surface area contributed by atoms with Crippen molar-refractivity contribution in [2.24, 2.45) is 5.92 Å². The zero-order valence-corrected chi connectivity index (χ0v) is 10.2. The van der Waals surface area contributed by atoms with Gasteiger partial charge in [0.2, 0.25) is 0 Å². The van der Waals surface area contributed by atoms with Crippen molar-refractivity contribution in [3.63, 3.8) is 0 Å². The highest BCUT2D eigenvalue weighted by molar-refractivity contribution is 5.34. The van der Waals surface area contributed by atoms with Gasteiger partial charge in [-0.15, -0.1) is 0 Å². The molecule has 0 saturated carbocycles. The molecular weight excluding hydrogens is 214 g/mol. The molecule has 0 radical (unpaired) electrons. The molecule has 1 aromatic heterocycles. The number of piperidine rings is 1. The molecule has 2 fully saturated rings. The summed E-state index contributed by atoms with van der Waals surface area (Å²) < 4.78 is 2.12. The third kappa shape index (κ3) is 2.45. The molecule has 1 aromatic rings. The van der Waals surface area contributed by atoms with Crippen LogP contribution in [0.2, 0.25) is 0 Å². The molecule has 0 bridgehead atoms. The van der Waals surface area contributed by atoms with Crippen LogP contribution >= 0.6 is 0 Å². The fourth-order valence-corrected chi connectivity index (χ4v) is 2.53. The molecule has 0 aromatic carbocycles. The highest BCUT2D eigenvalue weighted by Gasteiger charge is 2.22. The van der Waals surface area contributed by atoms with E-state index in [-0.39, 0.29) is 0 Å². The van der Waals surface area contributed by atoms with E-state index in [0.717, 1.165) is 38.6 Å². The van der Waals surface area contributed by atoms with E-state index in [1.165, 1.54) is 18.7 Å². The Balaban J connectivity index is 1.55. The van der Waals surface area contributed by atoms with Crippen LogP contribution in [0.1, 0.15) is 18.9 Å². The molecular formula is C12H21N5. The Labute approximate surface area is 102 Å². The second kappa shape index (κ2) is 5.06. The van der Waals surface area contributed by atoms with Crippen molar-refractivity contribution in [1.29, 1.82) is 0 Å². The topological polar surface area (TPSA) is 53.9 Å². The van der Waals surface area contributed by atoms with Crippen molar-refractivity contribution >= 4 is 5.82 Å². The van der Waals surface area contributed by atoms with Crippen LogP contribution in [0, 0.1) is 5.92 Å². The van der Waals surface area contributed by atoms with Crippen LogP contribution in [0.15, 0.2) is 12.3 Å². The van der Waals surface area contributed by atoms with Crippen molar-refractivity contribution < 1.29 is 0 Å². The Morgan fingerprint density at radius 2 is 2.12 bits per heavy atom. The predicted molar refractivity (Wildman–Crippen MR) is 68.2 cm³/mol. The fraction of sp³-hybridized carbons (Fsp3) is 0.750. The van der Waals surface area contributed by atoms with Gasteiger partial charge < -0.3 is 16.0 Å². The van der Waals surface area contributed by atoms with E-state index in [4.69, 9.17) is 0 Å². The number of aromatic nitrogens is 2. The van der Waals surface area contributed by atoms with E-state index < -0.39 is 0 Å². The largest absolute Gasteiger partial charge is 0.370 e. The number of anilines is 1. The summed E-state index contributed by atoms with van der Waals surface area (Å²) in [7, 11) is 0. The fourth-order valence-electron chi connectivity index (χ4n) is 2.53. The van der Waals surface area contributed by atoms with Crippen molar-refractivity contribution in [3.05, 3.63) is 12.3 Å². The molecule has 0 amide bonds. The molecule has 3 rings (SSSR count). The lowest BCUT2D eigenvalue weighted by molar-refractivity contribution is 0.320. The van der Waals surface area contributed by atoms with Crippen LogP contribution in [0.3, 0.4) is 0 Å². The predicted octanol–water partition coefficient (Wildman–Crippen LogP) is 0.439. The molecule has 3 heterocycles. The minimum absolute atomic E-state index is 0.542. The molecule has 2 aliphatic heterocycles. The van der Waals surface area contributed by atoms with Crippen molar-refractivity contribution in [3.8, 4) is 0 Å². The number of nitrogens with zero attached hydrogens (tertiary/aromatic N) is 2. The first-order valence-corrected chi connectivity index (χ1v) is 6.62. The van der Waals surface area contributed by atoms with Gasteiger partial charge in [0.25, 0.3) is 0 Å². The zero-order chi connectivity index (χ0) is 11.5. The first-order valence-electron chi connectivity index (χ1n) is 6.62. The molecule has 3 N–H and O–H groups in total. The van der Waals surface area contributed by atoms with E-state index in [1.807, 2.05) is 6.20 Å². The molecule has 17 heavy (non-hydrogen) atoms. The van der Waals surface area contributed by atoms with Crippen LogP contribution in [-0.2, 0) is 0 Å². The Kier molecular flexibility index (Phi) is 3.29. The van der Waals surface area contributed by atoms with Crippen LogP contribution in [-0.4, -0.2) is 42.5 Å². The van der Waals surface area contributed by atoms with Crippen LogP contribution in [0.4, 0.5) is 5.82 Å². The van der Waals surface area contributed by atoms with E-state index >= 15 is 0 Å². The minimum Gasteiger partial charge on any atom is -0.370 e. The van der Waals surface area contributed by atoms with Crippen molar-refractivity contribution in [1.82, 2.24) is 20.4 Å². The molecule has 5 nitrogen and oxygen atoms in total. The smallest absolute Gasteiger partial charge is 0.124 e. The first kappa shape index (κ1) is 11.0. The number of hydrogen-bond acceptors (Lipinski definition) is 4. The van der Waals surface area contributed by atoms with E-state index in [9.17, 15) is 0 Å². The Morgan fingerprint density at radius 3 is 2.82 bits per heavy atom. The van der Waals surface area contributed by atoms with Gasteiger partial charge in [-0.3, -0.25) is 0 Å². The molecule has 2 aliphatic rings. The van der Waals surface area contributed by atoms with Gasteiger partial charge in [-0.25, -0.2) is 4.68 Å². The quantitative estimate of drug-likeness (QED) is 0.709. The SMILES string of the molecule is c1cc(NCC2CCNCC2)n(C2CNC2)n1. The molecule has 0 aliphatic carbocycles. The summed E-state index contributed by atoms with van der Waals surface area (Å²) in [4.78, 5) is 0. The summed E-state index contributed by atoms with van der Waals surface area (Å²) in [5.41, 5.74) is 0. The van der Waals surface area contributed by atoms with Gasteiger partial charge >= 0.3 is 0 Å². The minimum atomic E-state index is 0.542. The van der Waals surface area contributed by atoms with Gasteiger partial charge in [-0.2, -0.15) is 5.10 Å². The van der Waals surface area contributed by atoms with Gasteiger partial charge in [0.05, 0.1) is 12.2 Å². The summed E-state index contributed by atoms with van der Waals surface area (Å²) >= 11 is 0. The van der Waals surface area contributed by atoms with E-state index in [2.05, 4.69) is 31.8 Å². The summed E-state index contributed by atoms with van der Waals surface area (Å²) in [6, 6.07) is 2.62. The zero-order valence-electron chi connectivity index (χ0n) is 10.2. The summed E-state index contributed by atoms with van der Waals surface area (Å²) in [5, 5.41) is 14.6. The number of nitrogens with one attached hydrogen (secondary N) is 3. The third-order valence-corrected chi connectivity index (χ3v) is 3.81. The normalized spacial score (nSPS) is 22.4. The standard InChI is InChI=1S/C12H21N5/c1-4-13-5-2-10(1)7-15-12-3-6-16-17(12)11-8-14-9-11/h3,6,10-11,13-15H,1-2,4-5,7-9H2. The maximum Gasteiger partial charge on any atom is 0.124 e. The average Bonchev–Trinajstić information content (AvgIpc) is 2.74. The van der Waals surface area contributed by atoms with Crippen LogP contribution < -0.4 is 16.0 Å². The lowest BCUT2D eigenvalue weighted by Gasteiger charge is -2.29. The summed E-state index contributed by atoms with van der Waals surface area (Å²) in [6.45, 7) is 5.50. The summed E-state index contributed by atoms with van der Waals surface area (Å²) in [5.74, 6) is 1.98. The highest BCUT2D eigenvalue weighted by atomic mass is 15.4. The van der Waals surface area contributed by atoms with E-state index in [0.29, 0.717) is 6.04 Å². The van der Waals surface area contributed by atoms with Gasteiger partial charge in [0, 0.05) is 25.7 Å². The van der Waals surface area contributed by atoms with Crippen molar-refractivity contribution in [2.45, 2.75) is 18.9 Å². The number of hydrogen-bond donors (Lipinski definition) is 3. The molecule has 94 valence electrons. The third-order valence-electron chi connectivity index (χ3n) is 3.81. The maximum atomic E-state index is 4.40. The summed E-state index contributed by atoms with van der Waals surface area (Å²) in [6.07, 6.45) is 4.46. The molecule has 5 heteroatoms.